The smallest absolute Gasteiger partial charge is 0.186 e. The van der Waals surface area contributed by atoms with Gasteiger partial charge in [0, 0.05) is 0 Å². The van der Waals surface area contributed by atoms with Crippen molar-refractivity contribution in [3.05, 3.63) is 17.8 Å². The van der Waals surface area contributed by atoms with Gasteiger partial charge in [-0.1, -0.05) is 5.92 Å². The van der Waals surface area contributed by atoms with Gasteiger partial charge in [0.2, 0.25) is 0 Å². The molecule has 0 aliphatic rings. The highest BCUT2D eigenvalue weighted by atomic mass is 19.1. The van der Waals surface area contributed by atoms with Gasteiger partial charge in [-0.25, -0.2) is 14.4 Å². The van der Waals surface area contributed by atoms with E-state index in [2.05, 4.69) is 21.2 Å². The first-order valence-electron chi connectivity index (χ1n) is 3.85. The Labute approximate surface area is 76.4 Å². The summed E-state index contributed by atoms with van der Waals surface area (Å²) in [6.45, 7) is 3.32. The predicted octanol–water partition coefficient (Wildman–Crippen LogP) is 1.36. The molecule has 0 radical (unpaired) electrons. The van der Waals surface area contributed by atoms with Crippen molar-refractivity contribution in [2.45, 2.75) is 19.9 Å². The summed E-state index contributed by atoms with van der Waals surface area (Å²) >= 11 is 0. The monoisotopic (exact) mass is 179 g/mol. The molecule has 0 aliphatic heterocycles. The third kappa shape index (κ3) is 2.15. The number of aryl methyl sites for hydroxylation is 1. The molecule has 68 valence electrons. The minimum absolute atomic E-state index is 0.151. The van der Waals surface area contributed by atoms with E-state index in [1.807, 2.05) is 0 Å². The summed E-state index contributed by atoms with van der Waals surface area (Å²) in [5.74, 6) is 2.12. The van der Waals surface area contributed by atoms with E-state index in [0.29, 0.717) is 5.69 Å². The second-order valence-corrected chi connectivity index (χ2v) is 2.65. The van der Waals surface area contributed by atoms with Crippen LogP contribution < -0.4 is 5.32 Å². The van der Waals surface area contributed by atoms with Crippen LogP contribution in [0.2, 0.25) is 0 Å². The normalized spacial score (nSPS) is 11.8. The van der Waals surface area contributed by atoms with Gasteiger partial charge < -0.3 is 5.32 Å². The van der Waals surface area contributed by atoms with Gasteiger partial charge in [0.1, 0.15) is 6.33 Å². The van der Waals surface area contributed by atoms with Crippen molar-refractivity contribution in [1.82, 2.24) is 9.97 Å². The number of hydrogen-bond donors (Lipinski definition) is 1. The molecule has 0 bridgehead atoms. The highest BCUT2D eigenvalue weighted by Gasteiger charge is 2.08. The van der Waals surface area contributed by atoms with E-state index in [1.54, 1.807) is 13.8 Å². The molecule has 4 heteroatoms. The summed E-state index contributed by atoms with van der Waals surface area (Å²) in [4.78, 5) is 7.43. The molecule has 1 atom stereocenters. The number of aromatic nitrogens is 2. The molecular weight excluding hydrogens is 169 g/mol. The van der Waals surface area contributed by atoms with Crippen LogP contribution in [0, 0.1) is 25.1 Å². The lowest BCUT2D eigenvalue weighted by molar-refractivity contribution is 0.604. The van der Waals surface area contributed by atoms with Crippen LogP contribution in [0.1, 0.15) is 12.6 Å². The molecule has 1 unspecified atom stereocenters. The Morgan fingerprint density at radius 3 is 2.92 bits per heavy atom. The fraction of sp³-hybridized carbons (Fsp3) is 0.333. The molecule has 1 aromatic heterocycles. The molecular formula is C9H10FN3. The van der Waals surface area contributed by atoms with Crippen molar-refractivity contribution in [1.29, 1.82) is 0 Å². The molecule has 0 fully saturated rings. The fourth-order valence-corrected chi connectivity index (χ4v) is 0.805. The molecule has 0 saturated carbocycles. The molecule has 0 amide bonds. The first-order chi connectivity index (χ1) is 6.15. The van der Waals surface area contributed by atoms with Crippen molar-refractivity contribution in [2.24, 2.45) is 0 Å². The first-order valence-corrected chi connectivity index (χ1v) is 3.85. The van der Waals surface area contributed by atoms with Gasteiger partial charge >= 0.3 is 0 Å². The van der Waals surface area contributed by atoms with Crippen LogP contribution in [0.15, 0.2) is 6.33 Å². The van der Waals surface area contributed by atoms with Crippen molar-refractivity contribution < 1.29 is 4.39 Å². The zero-order valence-corrected chi connectivity index (χ0v) is 7.50. The molecule has 1 aromatic rings. The van der Waals surface area contributed by atoms with Crippen LogP contribution in [0.25, 0.3) is 0 Å². The highest BCUT2D eigenvalue weighted by Crippen LogP contribution is 2.12. The van der Waals surface area contributed by atoms with Gasteiger partial charge in [0.15, 0.2) is 11.6 Å². The molecule has 0 aromatic carbocycles. The summed E-state index contributed by atoms with van der Waals surface area (Å²) in [7, 11) is 0. The number of rotatable bonds is 2. The Morgan fingerprint density at radius 2 is 2.31 bits per heavy atom. The van der Waals surface area contributed by atoms with E-state index < -0.39 is 5.82 Å². The number of nitrogens with one attached hydrogen (secondary N) is 1. The van der Waals surface area contributed by atoms with Crippen LogP contribution in [0.3, 0.4) is 0 Å². The van der Waals surface area contributed by atoms with Crippen LogP contribution in [0.5, 0.6) is 0 Å². The Balaban J connectivity index is 2.90. The van der Waals surface area contributed by atoms with Gasteiger partial charge in [-0.2, -0.15) is 0 Å². The standard InChI is InChI=1S/C9H10FN3/c1-4-6(2)13-9-8(10)7(3)11-5-12-9/h1,5-6H,2-3H3,(H,11,12,13). The van der Waals surface area contributed by atoms with Gasteiger partial charge in [-0.05, 0) is 13.8 Å². The predicted molar refractivity (Wildman–Crippen MR) is 48.6 cm³/mol. The van der Waals surface area contributed by atoms with Gasteiger partial charge in [0.05, 0.1) is 11.7 Å². The topological polar surface area (TPSA) is 37.8 Å². The Hall–Kier alpha value is -1.63. The zero-order chi connectivity index (χ0) is 9.84. The summed E-state index contributed by atoms with van der Waals surface area (Å²) in [5, 5.41) is 2.74. The van der Waals surface area contributed by atoms with Crippen molar-refractivity contribution in [3.63, 3.8) is 0 Å². The number of halogens is 1. The number of nitrogens with zero attached hydrogens (tertiary/aromatic N) is 2. The molecule has 1 heterocycles. The van der Waals surface area contributed by atoms with Crippen LogP contribution in [0.4, 0.5) is 10.2 Å². The average molecular weight is 179 g/mol. The molecule has 0 saturated heterocycles. The second kappa shape index (κ2) is 3.85. The SMILES string of the molecule is C#CC(C)Nc1ncnc(C)c1F. The van der Waals surface area contributed by atoms with Crippen molar-refractivity contribution in [2.75, 3.05) is 5.32 Å². The van der Waals surface area contributed by atoms with E-state index in [1.165, 1.54) is 6.33 Å². The quantitative estimate of drug-likeness (QED) is 0.696. The van der Waals surface area contributed by atoms with E-state index >= 15 is 0 Å². The summed E-state index contributed by atoms with van der Waals surface area (Å²) in [6, 6.07) is -0.246. The lowest BCUT2D eigenvalue weighted by Crippen LogP contribution is -2.15. The number of terminal acetylenes is 1. The lowest BCUT2D eigenvalue weighted by Gasteiger charge is -2.09. The maximum absolute atomic E-state index is 13.2. The summed E-state index contributed by atoms with van der Waals surface area (Å²) in [5.41, 5.74) is 0.307. The van der Waals surface area contributed by atoms with Gasteiger partial charge in [0.25, 0.3) is 0 Å². The van der Waals surface area contributed by atoms with Crippen molar-refractivity contribution >= 4 is 5.82 Å². The summed E-state index contributed by atoms with van der Waals surface area (Å²) in [6.07, 6.45) is 6.43. The Kier molecular flexibility index (Phi) is 2.80. The van der Waals surface area contributed by atoms with E-state index in [9.17, 15) is 4.39 Å². The first kappa shape index (κ1) is 9.46. The van der Waals surface area contributed by atoms with Crippen LogP contribution in [-0.2, 0) is 0 Å². The zero-order valence-electron chi connectivity index (χ0n) is 7.50. The molecule has 3 nitrogen and oxygen atoms in total. The number of hydrogen-bond acceptors (Lipinski definition) is 3. The maximum Gasteiger partial charge on any atom is 0.186 e. The highest BCUT2D eigenvalue weighted by molar-refractivity contribution is 5.39. The average Bonchev–Trinajstić information content (AvgIpc) is 2.13. The fourth-order valence-electron chi connectivity index (χ4n) is 0.805. The van der Waals surface area contributed by atoms with Crippen LogP contribution in [-0.4, -0.2) is 16.0 Å². The van der Waals surface area contributed by atoms with E-state index in [4.69, 9.17) is 6.42 Å². The molecule has 1 N–H and O–H groups in total. The minimum Gasteiger partial charge on any atom is -0.354 e. The largest absolute Gasteiger partial charge is 0.354 e. The third-order valence-electron chi connectivity index (χ3n) is 1.57. The third-order valence-corrected chi connectivity index (χ3v) is 1.57. The Bertz CT molecular complexity index is 343. The Morgan fingerprint density at radius 1 is 1.62 bits per heavy atom. The summed E-state index contributed by atoms with van der Waals surface area (Å²) < 4.78 is 13.2. The molecule has 13 heavy (non-hydrogen) atoms. The van der Waals surface area contributed by atoms with Crippen molar-refractivity contribution in [3.8, 4) is 12.3 Å². The second-order valence-electron chi connectivity index (χ2n) is 2.65. The molecule has 0 aliphatic carbocycles. The van der Waals surface area contributed by atoms with Gasteiger partial charge in [-0.3, -0.25) is 0 Å². The molecule has 0 spiro atoms. The van der Waals surface area contributed by atoms with E-state index in [-0.39, 0.29) is 11.9 Å². The van der Waals surface area contributed by atoms with E-state index in [0.717, 1.165) is 0 Å². The lowest BCUT2D eigenvalue weighted by atomic mass is 10.3. The minimum atomic E-state index is -0.454. The maximum atomic E-state index is 13.2. The number of anilines is 1. The van der Waals surface area contributed by atoms with Gasteiger partial charge in [-0.15, -0.1) is 6.42 Å². The van der Waals surface area contributed by atoms with Crippen LogP contribution >= 0.6 is 0 Å². The molecule has 1 rings (SSSR count).